The van der Waals surface area contributed by atoms with Gasteiger partial charge in [-0.2, -0.15) is 0 Å². The molecule has 0 fully saturated rings. The fourth-order valence-corrected chi connectivity index (χ4v) is 2.27. The summed E-state index contributed by atoms with van der Waals surface area (Å²) in [6.07, 6.45) is 3.61. The second kappa shape index (κ2) is 5.19. The van der Waals surface area contributed by atoms with Crippen LogP contribution in [0.5, 0.6) is 0 Å². The van der Waals surface area contributed by atoms with E-state index < -0.39 is 0 Å². The monoisotopic (exact) mass is 235 g/mol. The fourth-order valence-electron chi connectivity index (χ4n) is 1.23. The summed E-state index contributed by atoms with van der Waals surface area (Å²) in [6, 6.07) is 12.0. The first kappa shape index (κ1) is 10.5. The molecule has 2 rings (SSSR count). The number of hydrogen-bond donors (Lipinski definition) is 0. The number of thioether (sulfide) groups is 1. The van der Waals surface area contributed by atoms with Crippen LogP contribution in [0.1, 0.15) is 5.56 Å². The highest BCUT2D eigenvalue weighted by Gasteiger charge is 1.96. The summed E-state index contributed by atoms with van der Waals surface area (Å²) in [6.45, 7) is 0. The van der Waals surface area contributed by atoms with Gasteiger partial charge in [0.2, 0.25) is 0 Å². The predicted octanol–water partition coefficient (Wildman–Crippen LogP) is 4.03. The second-order valence-corrected chi connectivity index (χ2v) is 4.59. The zero-order chi connectivity index (χ0) is 10.5. The predicted molar refractivity (Wildman–Crippen MR) is 65.3 cm³/mol. The minimum absolute atomic E-state index is 0.794. The van der Waals surface area contributed by atoms with E-state index in [1.807, 2.05) is 30.3 Å². The van der Waals surface area contributed by atoms with Gasteiger partial charge in [0, 0.05) is 28.1 Å². The Bertz CT molecular complexity index is 431. The van der Waals surface area contributed by atoms with E-state index in [1.54, 1.807) is 24.2 Å². The largest absolute Gasteiger partial charge is 0.265 e. The molecule has 15 heavy (non-hydrogen) atoms. The number of rotatable bonds is 3. The van der Waals surface area contributed by atoms with Crippen molar-refractivity contribution in [3.63, 3.8) is 0 Å². The number of pyridine rings is 1. The zero-order valence-corrected chi connectivity index (χ0v) is 9.63. The molecule has 0 unspecified atom stereocenters. The Morgan fingerprint density at radius 3 is 2.67 bits per heavy atom. The number of nitrogens with zero attached hydrogens (tertiary/aromatic N) is 1. The molecule has 3 heteroatoms. The van der Waals surface area contributed by atoms with Gasteiger partial charge in [-0.3, -0.25) is 4.98 Å². The fraction of sp³-hybridized carbons (Fsp3) is 0.0833. The van der Waals surface area contributed by atoms with Gasteiger partial charge in [-0.25, -0.2) is 0 Å². The van der Waals surface area contributed by atoms with Crippen LogP contribution in [0.15, 0.2) is 53.7 Å². The maximum absolute atomic E-state index is 5.91. The lowest BCUT2D eigenvalue weighted by Gasteiger charge is -2.01. The van der Waals surface area contributed by atoms with Crippen LogP contribution in [-0.4, -0.2) is 4.98 Å². The number of benzene rings is 1. The Balaban J connectivity index is 1.99. The molecule has 0 amide bonds. The molecule has 1 aromatic heterocycles. The molecule has 1 heterocycles. The highest BCUT2D eigenvalue weighted by Crippen LogP contribution is 2.23. The smallest absolute Gasteiger partial charge is 0.0409 e. The van der Waals surface area contributed by atoms with Crippen LogP contribution >= 0.6 is 23.4 Å². The van der Waals surface area contributed by atoms with Crippen LogP contribution in [0.4, 0.5) is 0 Å². The first-order chi connectivity index (χ1) is 7.34. The van der Waals surface area contributed by atoms with Crippen molar-refractivity contribution in [2.24, 2.45) is 0 Å². The van der Waals surface area contributed by atoms with Crippen LogP contribution in [0.25, 0.3) is 0 Å². The third-order valence-corrected chi connectivity index (χ3v) is 3.26. The molecule has 1 aromatic carbocycles. The van der Waals surface area contributed by atoms with Gasteiger partial charge in [0.15, 0.2) is 0 Å². The topological polar surface area (TPSA) is 12.9 Å². The van der Waals surface area contributed by atoms with Crippen molar-refractivity contribution >= 4 is 23.4 Å². The van der Waals surface area contributed by atoms with Gasteiger partial charge in [-0.15, -0.1) is 11.8 Å². The number of aromatic nitrogens is 1. The zero-order valence-electron chi connectivity index (χ0n) is 8.06. The van der Waals surface area contributed by atoms with Crippen LogP contribution in [0.3, 0.4) is 0 Å². The van der Waals surface area contributed by atoms with Crippen molar-refractivity contribution in [1.29, 1.82) is 0 Å². The van der Waals surface area contributed by atoms with Gasteiger partial charge in [0.1, 0.15) is 0 Å². The summed E-state index contributed by atoms with van der Waals surface area (Å²) in [5.74, 6) is 0.935. The second-order valence-electron chi connectivity index (χ2n) is 3.10. The van der Waals surface area contributed by atoms with Gasteiger partial charge >= 0.3 is 0 Å². The van der Waals surface area contributed by atoms with Gasteiger partial charge in [0.25, 0.3) is 0 Å². The van der Waals surface area contributed by atoms with Crippen molar-refractivity contribution in [3.8, 4) is 0 Å². The molecule has 0 saturated carbocycles. The summed E-state index contributed by atoms with van der Waals surface area (Å²) >= 11 is 7.69. The summed E-state index contributed by atoms with van der Waals surface area (Å²) in [5.41, 5.74) is 1.24. The molecule has 0 aliphatic heterocycles. The Kier molecular flexibility index (Phi) is 3.64. The van der Waals surface area contributed by atoms with E-state index in [2.05, 4.69) is 11.1 Å². The molecule has 76 valence electrons. The Labute approximate surface area is 98.5 Å². The molecule has 0 spiro atoms. The molecular formula is C12H10ClNS. The maximum atomic E-state index is 5.91. The third-order valence-electron chi connectivity index (χ3n) is 1.94. The average Bonchev–Trinajstić information content (AvgIpc) is 2.28. The minimum atomic E-state index is 0.794. The quantitative estimate of drug-likeness (QED) is 0.745. The van der Waals surface area contributed by atoms with Gasteiger partial charge < -0.3 is 0 Å². The van der Waals surface area contributed by atoms with E-state index in [0.717, 1.165) is 10.8 Å². The lowest BCUT2D eigenvalue weighted by Crippen LogP contribution is -1.80. The van der Waals surface area contributed by atoms with Crippen molar-refractivity contribution in [2.45, 2.75) is 10.6 Å². The first-order valence-corrected chi connectivity index (χ1v) is 5.98. The molecule has 0 aliphatic rings. The summed E-state index contributed by atoms with van der Waals surface area (Å²) in [4.78, 5) is 5.21. The molecule has 0 N–H and O–H groups in total. The van der Waals surface area contributed by atoms with Gasteiger partial charge in [-0.1, -0.05) is 23.7 Å². The van der Waals surface area contributed by atoms with Crippen molar-refractivity contribution < 1.29 is 0 Å². The lowest BCUT2D eigenvalue weighted by molar-refractivity contribution is 1.26. The van der Waals surface area contributed by atoms with Crippen molar-refractivity contribution in [1.82, 2.24) is 4.98 Å². The van der Waals surface area contributed by atoms with E-state index in [1.165, 1.54) is 10.5 Å². The van der Waals surface area contributed by atoms with E-state index in [0.29, 0.717) is 0 Å². The minimum Gasteiger partial charge on any atom is -0.265 e. The Morgan fingerprint density at radius 1 is 1.13 bits per heavy atom. The van der Waals surface area contributed by atoms with E-state index in [4.69, 9.17) is 11.6 Å². The van der Waals surface area contributed by atoms with Gasteiger partial charge in [0.05, 0.1) is 0 Å². The molecule has 0 atom stereocenters. The molecule has 0 bridgehead atoms. The maximum Gasteiger partial charge on any atom is 0.0409 e. The van der Waals surface area contributed by atoms with E-state index in [-0.39, 0.29) is 0 Å². The summed E-state index contributed by atoms with van der Waals surface area (Å²) in [7, 11) is 0. The van der Waals surface area contributed by atoms with Crippen molar-refractivity contribution in [3.05, 3.63) is 59.4 Å². The molecule has 0 aliphatic carbocycles. The van der Waals surface area contributed by atoms with Crippen LogP contribution in [-0.2, 0) is 5.75 Å². The normalized spacial score (nSPS) is 10.2. The van der Waals surface area contributed by atoms with E-state index in [9.17, 15) is 0 Å². The van der Waals surface area contributed by atoms with Gasteiger partial charge in [-0.05, 0) is 29.8 Å². The third kappa shape index (κ3) is 3.26. The Hall–Kier alpha value is -0.990. The number of halogens is 1. The average molecular weight is 236 g/mol. The highest BCUT2D eigenvalue weighted by molar-refractivity contribution is 7.98. The van der Waals surface area contributed by atoms with Crippen LogP contribution in [0.2, 0.25) is 5.02 Å². The molecule has 1 nitrogen and oxygen atoms in total. The molecule has 2 aromatic rings. The Morgan fingerprint density at radius 2 is 1.93 bits per heavy atom. The molecular weight excluding hydrogens is 226 g/mol. The standard InChI is InChI=1S/C12H10ClNS/c13-11-3-1-2-10(8-11)9-15-12-4-6-14-7-5-12/h1-8H,9H2. The summed E-state index contributed by atoms with van der Waals surface area (Å²) < 4.78 is 0. The van der Waals surface area contributed by atoms with Crippen molar-refractivity contribution in [2.75, 3.05) is 0 Å². The van der Waals surface area contributed by atoms with Crippen LogP contribution < -0.4 is 0 Å². The molecule has 0 saturated heterocycles. The van der Waals surface area contributed by atoms with E-state index >= 15 is 0 Å². The SMILES string of the molecule is Clc1cccc(CSc2ccncc2)c1. The first-order valence-electron chi connectivity index (χ1n) is 4.62. The molecule has 0 radical (unpaired) electrons. The lowest BCUT2D eigenvalue weighted by atomic mass is 10.2. The highest BCUT2D eigenvalue weighted by atomic mass is 35.5. The van der Waals surface area contributed by atoms with Crippen LogP contribution in [0, 0.1) is 0 Å². The number of hydrogen-bond acceptors (Lipinski definition) is 2. The summed E-state index contributed by atoms with van der Waals surface area (Å²) in [5, 5.41) is 0.794.